The van der Waals surface area contributed by atoms with Gasteiger partial charge in [-0.25, -0.2) is 14.3 Å². The van der Waals surface area contributed by atoms with E-state index in [0.717, 1.165) is 0 Å². The number of ether oxygens (including phenoxy) is 1. The van der Waals surface area contributed by atoms with Gasteiger partial charge in [-0.15, -0.1) is 0 Å². The topological polar surface area (TPSA) is 101 Å². The number of hydrogen-bond acceptors (Lipinski definition) is 5. The summed E-state index contributed by atoms with van der Waals surface area (Å²) in [5.74, 6) is 0.386. The van der Waals surface area contributed by atoms with Crippen LogP contribution in [0.15, 0.2) is 6.33 Å². The highest BCUT2D eigenvalue weighted by molar-refractivity contribution is 5.87. The molecule has 9 nitrogen and oxygen atoms in total. The van der Waals surface area contributed by atoms with Gasteiger partial charge in [-0.3, -0.25) is 5.32 Å². The van der Waals surface area contributed by atoms with Crippen LogP contribution in [0.2, 0.25) is 0 Å². The summed E-state index contributed by atoms with van der Waals surface area (Å²) in [7, 11) is 1.69. The molecule has 9 heteroatoms. The fourth-order valence-electron chi connectivity index (χ4n) is 2.15. The Balaban J connectivity index is 1.74. The Morgan fingerprint density at radius 3 is 2.71 bits per heavy atom. The second-order valence-corrected chi connectivity index (χ2v) is 4.77. The number of amides is 3. The molecule has 0 radical (unpaired) electrons. The number of aromatic nitrogens is 3. The Morgan fingerprint density at radius 2 is 2.14 bits per heavy atom. The molecule has 1 fully saturated rings. The number of hydrogen-bond donors (Lipinski definition) is 2. The zero-order valence-electron chi connectivity index (χ0n) is 12.2. The van der Waals surface area contributed by atoms with Crippen molar-refractivity contribution in [3.05, 3.63) is 6.33 Å². The smallest absolute Gasteiger partial charge is 0.409 e. The summed E-state index contributed by atoms with van der Waals surface area (Å²) in [6.45, 7) is 3.31. The first kappa shape index (κ1) is 15.1. The molecule has 3 amide bonds. The fraction of sp³-hybridized carbons (Fsp3) is 0.667. The van der Waals surface area contributed by atoms with Gasteiger partial charge in [0, 0.05) is 26.2 Å². The van der Waals surface area contributed by atoms with Crippen LogP contribution in [0.4, 0.5) is 15.5 Å². The zero-order valence-corrected chi connectivity index (χ0v) is 12.2. The number of likely N-dealkylation sites (tertiary alicyclic amines) is 1. The van der Waals surface area contributed by atoms with E-state index in [1.165, 1.54) is 11.0 Å². The van der Waals surface area contributed by atoms with Crippen molar-refractivity contribution in [2.75, 3.05) is 25.0 Å². The predicted octanol–water partition coefficient (Wildman–Crippen LogP) is 0.557. The Morgan fingerprint density at radius 1 is 1.43 bits per heavy atom. The maximum atomic E-state index is 11.8. The highest BCUT2D eigenvalue weighted by Crippen LogP contribution is 2.11. The SMILES string of the molecule is CCOC(=O)N1CCC(NC(=O)Nc2ncnn2C)CC1. The molecule has 0 bridgehead atoms. The van der Waals surface area contributed by atoms with Crippen molar-refractivity contribution in [1.82, 2.24) is 25.0 Å². The summed E-state index contributed by atoms with van der Waals surface area (Å²) < 4.78 is 6.43. The summed E-state index contributed by atoms with van der Waals surface area (Å²) in [5, 5.41) is 9.36. The highest BCUT2D eigenvalue weighted by Gasteiger charge is 2.24. The number of urea groups is 1. The van der Waals surface area contributed by atoms with Crippen molar-refractivity contribution in [2.45, 2.75) is 25.8 Å². The van der Waals surface area contributed by atoms with Gasteiger partial charge in [0.25, 0.3) is 0 Å². The van der Waals surface area contributed by atoms with Crippen molar-refractivity contribution in [2.24, 2.45) is 7.05 Å². The Bertz CT molecular complexity index is 495. The molecular formula is C12H20N6O3. The zero-order chi connectivity index (χ0) is 15.2. The van der Waals surface area contributed by atoms with E-state index in [1.807, 2.05) is 0 Å². The largest absolute Gasteiger partial charge is 0.450 e. The van der Waals surface area contributed by atoms with Crippen molar-refractivity contribution < 1.29 is 14.3 Å². The molecule has 2 heterocycles. The summed E-state index contributed by atoms with van der Waals surface area (Å²) >= 11 is 0. The average molecular weight is 296 g/mol. The fourth-order valence-corrected chi connectivity index (χ4v) is 2.15. The molecule has 1 aromatic rings. The first-order chi connectivity index (χ1) is 10.1. The van der Waals surface area contributed by atoms with Gasteiger partial charge in [-0.1, -0.05) is 0 Å². The van der Waals surface area contributed by atoms with Gasteiger partial charge < -0.3 is 15.0 Å². The van der Waals surface area contributed by atoms with Crippen LogP contribution in [-0.4, -0.2) is 57.5 Å². The van der Waals surface area contributed by atoms with Gasteiger partial charge >= 0.3 is 12.1 Å². The van der Waals surface area contributed by atoms with Gasteiger partial charge in [0.15, 0.2) is 0 Å². The van der Waals surface area contributed by atoms with E-state index in [0.29, 0.717) is 38.5 Å². The number of nitrogens with one attached hydrogen (secondary N) is 2. The molecule has 1 aliphatic heterocycles. The molecule has 116 valence electrons. The van der Waals surface area contributed by atoms with Crippen molar-refractivity contribution in [1.29, 1.82) is 0 Å². The standard InChI is InChI=1S/C12H20N6O3/c1-3-21-12(20)18-6-4-9(5-7-18)15-11(19)16-10-13-8-14-17(10)2/h8-9H,3-7H2,1-2H3,(H2,13,14,15,16,19). The Kier molecular flexibility index (Phi) is 4.96. The lowest BCUT2D eigenvalue weighted by atomic mass is 10.1. The lowest BCUT2D eigenvalue weighted by Crippen LogP contribution is -2.47. The molecule has 1 aliphatic rings. The molecular weight excluding hydrogens is 276 g/mol. The van der Waals surface area contributed by atoms with Gasteiger partial charge in [0.05, 0.1) is 6.61 Å². The Hall–Kier alpha value is -2.32. The normalized spacial score (nSPS) is 15.6. The number of rotatable bonds is 3. The lowest BCUT2D eigenvalue weighted by molar-refractivity contribution is 0.0959. The minimum absolute atomic E-state index is 0.0314. The van der Waals surface area contributed by atoms with E-state index in [-0.39, 0.29) is 18.2 Å². The molecule has 0 aliphatic carbocycles. The van der Waals surface area contributed by atoms with E-state index < -0.39 is 0 Å². The minimum atomic E-state index is -0.319. The van der Waals surface area contributed by atoms with Gasteiger partial charge in [-0.2, -0.15) is 10.1 Å². The Labute approximate surface area is 122 Å². The van der Waals surface area contributed by atoms with E-state index in [2.05, 4.69) is 20.7 Å². The molecule has 1 aromatic heterocycles. The molecule has 0 spiro atoms. The van der Waals surface area contributed by atoms with Crippen LogP contribution in [0, 0.1) is 0 Å². The van der Waals surface area contributed by atoms with Gasteiger partial charge in [-0.05, 0) is 19.8 Å². The second kappa shape index (κ2) is 6.91. The third-order valence-electron chi connectivity index (χ3n) is 3.29. The van der Waals surface area contributed by atoms with Gasteiger partial charge in [0.2, 0.25) is 5.95 Å². The first-order valence-corrected chi connectivity index (χ1v) is 6.93. The summed E-state index contributed by atoms with van der Waals surface area (Å²) in [5.41, 5.74) is 0. The summed E-state index contributed by atoms with van der Waals surface area (Å²) in [6, 6.07) is -0.287. The maximum Gasteiger partial charge on any atom is 0.409 e. The molecule has 0 unspecified atom stereocenters. The maximum absolute atomic E-state index is 11.8. The monoisotopic (exact) mass is 296 g/mol. The molecule has 0 saturated carbocycles. The molecule has 1 saturated heterocycles. The van der Waals surface area contributed by atoms with Crippen molar-refractivity contribution in [3.63, 3.8) is 0 Å². The summed E-state index contributed by atoms with van der Waals surface area (Å²) in [6.07, 6.45) is 2.48. The molecule has 2 rings (SSSR count). The number of carbonyl (C=O) groups is 2. The van der Waals surface area contributed by atoms with E-state index in [1.54, 1.807) is 18.9 Å². The number of piperidine rings is 1. The molecule has 0 atom stereocenters. The molecule has 2 N–H and O–H groups in total. The van der Waals surface area contributed by atoms with Crippen LogP contribution in [0.1, 0.15) is 19.8 Å². The quantitative estimate of drug-likeness (QED) is 0.848. The summed E-state index contributed by atoms with van der Waals surface area (Å²) in [4.78, 5) is 29.0. The van der Waals surface area contributed by atoms with Crippen LogP contribution in [0.25, 0.3) is 0 Å². The van der Waals surface area contributed by atoms with Crippen LogP contribution in [-0.2, 0) is 11.8 Å². The number of aryl methyl sites for hydroxylation is 1. The average Bonchev–Trinajstić information content (AvgIpc) is 2.85. The lowest BCUT2D eigenvalue weighted by Gasteiger charge is -2.31. The van der Waals surface area contributed by atoms with E-state index >= 15 is 0 Å². The highest BCUT2D eigenvalue weighted by atomic mass is 16.6. The van der Waals surface area contributed by atoms with E-state index in [9.17, 15) is 9.59 Å². The number of anilines is 1. The number of carbonyl (C=O) groups excluding carboxylic acids is 2. The minimum Gasteiger partial charge on any atom is -0.450 e. The van der Waals surface area contributed by atoms with Crippen molar-refractivity contribution in [3.8, 4) is 0 Å². The van der Waals surface area contributed by atoms with Crippen LogP contribution < -0.4 is 10.6 Å². The number of nitrogens with zero attached hydrogens (tertiary/aromatic N) is 4. The van der Waals surface area contributed by atoms with Crippen LogP contribution in [0.5, 0.6) is 0 Å². The van der Waals surface area contributed by atoms with E-state index in [4.69, 9.17) is 4.74 Å². The van der Waals surface area contributed by atoms with Crippen LogP contribution >= 0.6 is 0 Å². The van der Waals surface area contributed by atoms with Crippen molar-refractivity contribution >= 4 is 18.1 Å². The second-order valence-electron chi connectivity index (χ2n) is 4.77. The van der Waals surface area contributed by atoms with Gasteiger partial charge in [0.1, 0.15) is 6.33 Å². The van der Waals surface area contributed by atoms with Crippen LogP contribution in [0.3, 0.4) is 0 Å². The third-order valence-corrected chi connectivity index (χ3v) is 3.29. The molecule has 0 aromatic carbocycles. The predicted molar refractivity (Wildman–Crippen MR) is 74.8 cm³/mol. The molecule has 21 heavy (non-hydrogen) atoms. The first-order valence-electron chi connectivity index (χ1n) is 6.93. The third kappa shape index (κ3) is 4.07.